The summed E-state index contributed by atoms with van der Waals surface area (Å²) in [5.41, 5.74) is 5.91. The standard InChI is InChI=1S/C28H36O6/c1-21(2)25-7-5-23-19-27(25)33-17-15-31-13-11-29-9-10-30-12-14-32-16-18-34-28-20-24(23)6-8-26(28)22(3)4/h5-8,19-20H,1,3,9-18H2,2,4H3. The quantitative estimate of drug-likeness (QED) is 0.600. The average Bonchev–Trinajstić information content (AvgIpc) is 2.82. The van der Waals surface area contributed by atoms with Gasteiger partial charge in [0, 0.05) is 11.1 Å². The fourth-order valence-corrected chi connectivity index (χ4v) is 3.53. The summed E-state index contributed by atoms with van der Waals surface area (Å²) in [6.07, 6.45) is 0. The maximum absolute atomic E-state index is 6.08. The molecule has 1 aliphatic heterocycles. The molecule has 34 heavy (non-hydrogen) atoms. The van der Waals surface area contributed by atoms with Crippen LogP contribution in [-0.4, -0.2) is 66.1 Å². The van der Waals surface area contributed by atoms with Gasteiger partial charge in [0.15, 0.2) is 0 Å². The summed E-state index contributed by atoms with van der Waals surface area (Å²) < 4.78 is 34.4. The number of allylic oxidation sites excluding steroid dienone is 2. The number of fused-ring (bicyclic) bond motifs is 5. The van der Waals surface area contributed by atoms with Crippen LogP contribution in [-0.2, 0) is 18.9 Å². The molecule has 2 aromatic carbocycles. The highest BCUT2D eigenvalue weighted by atomic mass is 16.6. The smallest absolute Gasteiger partial charge is 0.127 e. The Morgan fingerprint density at radius 2 is 0.853 bits per heavy atom. The summed E-state index contributed by atoms with van der Waals surface area (Å²) >= 11 is 0. The van der Waals surface area contributed by atoms with Crippen molar-refractivity contribution in [2.24, 2.45) is 0 Å². The molecule has 0 atom stereocenters. The van der Waals surface area contributed by atoms with E-state index in [0.717, 1.165) is 44.9 Å². The maximum atomic E-state index is 6.08. The van der Waals surface area contributed by atoms with Gasteiger partial charge in [-0.15, -0.1) is 0 Å². The molecule has 2 aromatic rings. The van der Waals surface area contributed by atoms with Gasteiger partial charge in [0.2, 0.25) is 0 Å². The zero-order valence-corrected chi connectivity index (χ0v) is 20.4. The fourth-order valence-electron chi connectivity index (χ4n) is 3.53. The fraction of sp³-hybridized carbons (Fsp3) is 0.429. The number of rotatable bonds is 2. The molecule has 1 heterocycles. The summed E-state index contributed by atoms with van der Waals surface area (Å²) in [6.45, 7) is 17.1. The lowest BCUT2D eigenvalue weighted by molar-refractivity contribution is -0.00700. The Balaban J connectivity index is 1.82. The predicted molar refractivity (Wildman–Crippen MR) is 136 cm³/mol. The van der Waals surface area contributed by atoms with E-state index in [1.54, 1.807) is 0 Å². The Morgan fingerprint density at radius 1 is 0.529 bits per heavy atom. The summed E-state index contributed by atoms with van der Waals surface area (Å²) in [7, 11) is 0. The van der Waals surface area contributed by atoms with Gasteiger partial charge in [0.25, 0.3) is 0 Å². The highest BCUT2D eigenvalue weighted by Gasteiger charge is 2.12. The van der Waals surface area contributed by atoms with Crippen LogP contribution in [0.3, 0.4) is 0 Å². The number of hydrogen-bond acceptors (Lipinski definition) is 6. The van der Waals surface area contributed by atoms with Crippen molar-refractivity contribution in [3.05, 3.63) is 60.7 Å². The van der Waals surface area contributed by atoms with Crippen LogP contribution in [0.25, 0.3) is 22.3 Å². The van der Waals surface area contributed by atoms with Gasteiger partial charge in [-0.1, -0.05) is 37.4 Å². The number of benzene rings is 2. The SMILES string of the molecule is C=C(C)c1ccc2cc1OCCOCCOCCOCCOCCOc1cc-2ccc1C(=C)C. The molecule has 6 heteroatoms. The zero-order valence-electron chi connectivity index (χ0n) is 20.4. The van der Waals surface area contributed by atoms with Crippen LogP contribution in [0.1, 0.15) is 25.0 Å². The van der Waals surface area contributed by atoms with E-state index >= 15 is 0 Å². The Kier molecular flexibility index (Phi) is 10.6. The second-order valence-electron chi connectivity index (χ2n) is 8.13. The van der Waals surface area contributed by atoms with Crippen LogP contribution in [0.15, 0.2) is 49.6 Å². The van der Waals surface area contributed by atoms with E-state index in [1.165, 1.54) is 0 Å². The first-order valence-electron chi connectivity index (χ1n) is 11.7. The van der Waals surface area contributed by atoms with E-state index in [1.807, 2.05) is 38.1 Å². The molecule has 0 unspecified atom stereocenters. The van der Waals surface area contributed by atoms with Crippen LogP contribution in [0, 0.1) is 0 Å². The lowest BCUT2D eigenvalue weighted by atomic mass is 9.98. The molecule has 0 amide bonds. The van der Waals surface area contributed by atoms with Gasteiger partial charge in [0.05, 0.1) is 52.9 Å². The molecule has 4 bridgehead atoms. The second kappa shape index (κ2) is 13.9. The lowest BCUT2D eigenvalue weighted by Crippen LogP contribution is -2.15. The molecular formula is C28H36O6. The monoisotopic (exact) mass is 468 g/mol. The minimum atomic E-state index is 0.440. The Morgan fingerprint density at radius 3 is 1.18 bits per heavy atom. The molecule has 0 saturated heterocycles. The van der Waals surface area contributed by atoms with Crippen molar-refractivity contribution in [2.75, 3.05) is 66.1 Å². The first-order valence-corrected chi connectivity index (χ1v) is 11.7. The van der Waals surface area contributed by atoms with Crippen molar-refractivity contribution in [1.29, 1.82) is 0 Å². The maximum Gasteiger partial charge on any atom is 0.127 e. The van der Waals surface area contributed by atoms with E-state index in [4.69, 9.17) is 28.4 Å². The van der Waals surface area contributed by atoms with Crippen molar-refractivity contribution in [1.82, 2.24) is 0 Å². The van der Waals surface area contributed by atoms with Crippen molar-refractivity contribution < 1.29 is 28.4 Å². The third-order valence-corrected chi connectivity index (χ3v) is 5.30. The number of hydrogen-bond donors (Lipinski definition) is 0. The van der Waals surface area contributed by atoms with Crippen molar-refractivity contribution in [3.63, 3.8) is 0 Å². The average molecular weight is 469 g/mol. The lowest BCUT2D eigenvalue weighted by Gasteiger charge is -2.16. The molecule has 184 valence electrons. The third kappa shape index (κ3) is 7.99. The number of ether oxygens (including phenoxy) is 6. The predicted octanol–water partition coefficient (Wildman–Crippen LogP) is 5.26. The molecule has 0 aliphatic carbocycles. The van der Waals surface area contributed by atoms with Gasteiger partial charge < -0.3 is 28.4 Å². The molecule has 0 radical (unpaired) electrons. The molecule has 0 spiro atoms. The van der Waals surface area contributed by atoms with Gasteiger partial charge in [0.1, 0.15) is 24.7 Å². The van der Waals surface area contributed by atoms with Gasteiger partial charge >= 0.3 is 0 Å². The topological polar surface area (TPSA) is 55.4 Å². The van der Waals surface area contributed by atoms with Crippen LogP contribution in [0.5, 0.6) is 11.5 Å². The molecule has 0 aromatic heterocycles. The zero-order chi connectivity index (χ0) is 24.2. The van der Waals surface area contributed by atoms with Crippen LogP contribution in [0.2, 0.25) is 0 Å². The molecule has 1 aliphatic rings. The molecule has 6 nitrogen and oxygen atoms in total. The summed E-state index contributed by atoms with van der Waals surface area (Å²) in [5, 5.41) is 0. The minimum Gasteiger partial charge on any atom is -0.491 e. The van der Waals surface area contributed by atoms with Crippen LogP contribution < -0.4 is 9.47 Å². The van der Waals surface area contributed by atoms with Crippen LogP contribution in [0.4, 0.5) is 0 Å². The van der Waals surface area contributed by atoms with Gasteiger partial charge in [-0.05, 0) is 48.3 Å². The minimum absolute atomic E-state index is 0.440. The Hall–Kier alpha value is -2.64. The molecule has 0 saturated carbocycles. The van der Waals surface area contributed by atoms with Crippen molar-refractivity contribution >= 4 is 11.1 Å². The van der Waals surface area contributed by atoms with Crippen molar-refractivity contribution in [3.8, 4) is 22.6 Å². The van der Waals surface area contributed by atoms with Gasteiger partial charge in [-0.25, -0.2) is 0 Å². The largest absolute Gasteiger partial charge is 0.491 e. The van der Waals surface area contributed by atoms with Gasteiger partial charge in [-0.3, -0.25) is 0 Å². The molecule has 0 N–H and O–H groups in total. The molecule has 0 fully saturated rings. The normalized spacial score (nSPS) is 16.8. The first kappa shape index (κ1) is 26.0. The van der Waals surface area contributed by atoms with Crippen molar-refractivity contribution in [2.45, 2.75) is 13.8 Å². The van der Waals surface area contributed by atoms with E-state index in [-0.39, 0.29) is 0 Å². The summed E-state index contributed by atoms with van der Waals surface area (Å²) in [5.74, 6) is 1.56. The highest BCUT2D eigenvalue weighted by molar-refractivity contribution is 5.77. The Labute approximate surface area is 203 Å². The Bertz CT molecular complexity index is 874. The first-order chi connectivity index (χ1) is 16.6. The van der Waals surface area contributed by atoms with Crippen LogP contribution >= 0.6 is 0 Å². The van der Waals surface area contributed by atoms with E-state index in [2.05, 4.69) is 25.3 Å². The highest BCUT2D eigenvalue weighted by Crippen LogP contribution is 2.35. The van der Waals surface area contributed by atoms with E-state index in [0.29, 0.717) is 66.1 Å². The third-order valence-electron chi connectivity index (χ3n) is 5.30. The van der Waals surface area contributed by atoms with E-state index < -0.39 is 0 Å². The summed E-state index contributed by atoms with van der Waals surface area (Å²) in [6, 6.07) is 12.3. The molecule has 3 rings (SSSR count). The van der Waals surface area contributed by atoms with E-state index in [9.17, 15) is 0 Å². The molecular weight excluding hydrogens is 432 g/mol. The van der Waals surface area contributed by atoms with Gasteiger partial charge in [-0.2, -0.15) is 0 Å². The second-order valence-corrected chi connectivity index (χ2v) is 8.13. The summed E-state index contributed by atoms with van der Waals surface area (Å²) in [4.78, 5) is 0.